The first-order chi connectivity index (χ1) is 15.0. The Morgan fingerprint density at radius 3 is 2.58 bits per heavy atom. The molecular formula is C21H23N5O4S. The molecule has 9 nitrogen and oxygen atoms in total. The van der Waals surface area contributed by atoms with E-state index in [1.807, 2.05) is 18.2 Å². The second-order valence-electron chi connectivity index (χ2n) is 7.86. The van der Waals surface area contributed by atoms with Crippen molar-refractivity contribution in [3.8, 4) is 11.5 Å². The Bertz CT molecular complexity index is 1170. The van der Waals surface area contributed by atoms with Gasteiger partial charge >= 0.3 is 0 Å². The molecule has 162 valence electrons. The minimum absolute atomic E-state index is 0.0266. The highest BCUT2D eigenvalue weighted by Gasteiger charge is 2.33. The number of hydrogen-bond acceptors (Lipinski definition) is 7. The molecule has 2 saturated heterocycles. The average molecular weight is 442 g/mol. The Balaban J connectivity index is 1.37. The van der Waals surface area contributed by atoms with Crippen LogP contribution < -0.4 is 4.90 Å². The van der Waals surface area contributed by atoms with E-state index in [1.165, 1.54) is 0 Å². The average Bonchev–Trinajstić information content (AvgIpc) is 3.53. The van der Waals surface area contributed by atoms with Crippen LogP contribution in [0.15, 0.2) is 53.3 Å². The van der Waals surface area contributed by atoms with E-state index in [9.17, 15) is 13.2 Å². The number of anilines is 1. The van der Waals surface area contributed by atoms with Gasteiger partial charge in [-0.2, -0.15) is 5.10 Å². The van der Waals surface area contributed by atoms with Gasteiger partial charge in [-0.05, 0) is 30.7 Å². The minimum atomic E-state index is -3.09. The van der Waals surface area contributed by atoms with Gasteiger partial charge in [-0.15, -0.1) is 0 Å². The lowest BCUT2D eigenvalue weighted by molar-refractivity contribution is 0.0739. The van der Waals surface area contributed by atoms with E-state index in [4.69, 9.17) is 4.42 Å². The van der Waals surface area contributed by atoms with Crippen LogP contribution in [0.3, 0.4) is 0 Å². The molecule has 0 bridgehead atoms. The van der Waals surface area contributed by atoms with Crippen LogP contribution in [-0.2, 0) is 9.84 Å². The number of aromatic nitrogens is 3. The Labute approximate surface area is 180 Å². The van der Waals surface area contributed by atoms with E-state index in [0.29, 0.717) is 49.7 Å². The molecule has 10 heteroatoms. The van der Waals surface area contributed by atoms with Gasteiger partial charge in [-0.25, -0.2) is 13.4 Å². The van der Waals surface area contributed by atoms with Crippen molar-refractivity contribution >= 4 is 21.6 Å². The maximum Gasteiger partial charge on any atom is 0.274 e. The standard InChI is InChI=1S/C21H23N5O4S/c27-21(25-10-8-24(9-11-25)20-5-1-2-7-22-20)17-14-18(19-4-3-12-30-19)26(23-17)16-6-13-31(28,29)15-16/h1-5,7,12,14,16H,6,8-11,13,15H2/t16-/m0/s1. The fraction of sp³-hybridized carbons (Fsp3) is 0.381. The zero-order valence-corrected chi connectivity index (χ0v) is 17.7. The first-order valence-electron chi connectivity index (χ1n) is 10.3. The second-order valence-corrected chi connectivity index (χ2v) is 10.1. The molecule has 2 aliphatic heterocycles. The Morgan fingerprint density at radius 1 is 1.10 bits per heavy atom. The van der Waals surface area contributed by atoms with Crippen LogP contribution in [0.2, 0.25) is 0 Å². The third-order valence-electron chi connectivity index (χ3n) is 5.82. The maximum absolute atomic E-state index is 13.2. The van der Waals surface area contributed by atoms with Crippen LogP contribution in [-0.4, -0.2) is 71.7 Å². The number of amides is 1. The number of carbonyl (C=O) groups is 1. The number of nitrogens with zero attached hydrogens (tertiary/aromatic N) is 5. The van der Waals surface area contributed by atoms with Crippen LogP contribution in [0.25, 0.3) is 11.5 Å². The first kappa shape index (κ1) is 19.8. The van der Waals surface area contributed by atoms with E-state index in [-0.39, 0.29) is 23.5 Å². The highest BCUT2D eigenvalue weighted by molar-refractivity contribution is 7.91. The summed E-state index contributed by atoms with van der Waals surface area (Å²) in [6.07, 6.45) is 3.80. The third-order valence-corrected chi connectivity index (χ3v) is 7.57. The number of sulfone groups is 1. The Morgan fingerprint density at radius 2 is 1.94 bits per heavy atom. The largest absolute Gasteiger partial charge is 0.463 e. The number of furan rings is 1. The number of hydrogen-bond donors (Lipinski definition) is 0. The molecule has 0 spiro atoms. The summed E-state index contributed by atoms with van der Waals surface area (Å²) >= 11 is 0. The van der Waals surface area contributed by atoms with Crippen LogP contribution in [0.4, 0.5) is 5.82 Å². The number of piperazine rings is 1. The first-order valence-corrected chi connectivity index (χ1v) is 12.1. The molecule has 3 aromatic heterocycles. The highest BCUT2D eigenvalue weighted by Crippen LogP contribution is 2.30. The van der Waals surface area contributed by atoms with Crippen LogP contribution >= 0.6 is 0 Å². The van der Waals surface area contributed by atoms with Crippen molar-refractivity contribution in [3.63, 3.8) is 0 Å². The summed E-state index contributed by atoms with van der Waals surface area (Å²) in [5.41, 5.74) is 0.935. The van der Waals surface area contributed by atoms with Gasteiger partial charge in [0, 0.05) is 38.4 Å². The lowest BCUT2D eigenvalue weighted by Crippen LogP contribution is -2.49. The van der Waals surface area contributed by atoms with Gasteiger partial charge in [0.15, 0.2) is 21.3 Å². The lowest BCUT2D eigenvalue weighted by atomic mass is 10.2. The fourth-order valence-corrected chi connectivity index (χ4v) is 5.89. The molecule has 2 aliphatic rings. The van der Waals surface area contributed by atoms with Crippen molar-refractivity contribution in [1.82, 2.24) is 19.7 Å². The molecule has 31 heavy (non-hydrogen) atoms. The molecule has 3 aromatic rings. The highest BCUT2D eigenvalue weighted by atomic mass is 32.2. The van der Waals surface area contributed by atoms with Gasteiger partial charge < -0.3 is 14.2 Å². The Kier molecular flexibility index (Phi) is 5.01. The molecule has 0 unspecified atom stereocenters. The van der Waals surface area contributed by atoms with Crippen molar-refractivity contribution in [1.29, 1.82) is 0 Å². The monoisotopic (exact) mass is 441 g/mol. The molecular weight excluding hydrogens is 418 g/mol. The lowest BCUT2D eigenvalue weighted by Gasteiger charge is -2.35. The summed E-state index contributed by atoms with van der Waals surface area (Å²) < 4.78 is 31.2. The van der Waals surface area contributed by atoms with Crippen LogP contribution in [0.1, 0.15) is 23.0 Å². The SMILES string of the molecule is O=C(c1cc(-c2ccco2)n([C@H]2CCS(=O)(=O)C2)n1)N1CCN(c2ccccn2)CC1. The van der Waals surface area contributed by atoms with E-state index in [2.05, 4.69) is 15.0 Å². The van der Waals surface area contributed by atoms with E-state index < -0.39 is 9.84 Å². The molecule has 0 aromatic carbocycles. The van der Waals surface area contributed by atoms with Gasteiger partial charge in [-0.1, -0.05) is 6.07 Å². The molecule has 0 N–H and O–H groups in total. The zero-order valence-electron chi connectivity index (χ0n) is 16.9. The number of pyridine rings is 1. The van der Waals surface area contributed by atoms with Gasteiger partial charge in [0.25, 0.3) is 5.91 Å². The number of rotatable bonds is 4. The van der Waals surface area contributed by atoms with Gasteiger partial charge in [-0.3, -0.25) is 9.48 Å². The molecule has 5 rings (SSSR count). The van der Waals surface area contributed by atoms with Gasteiger partial charge in [0.05, 0.1) is 23.8 Å². The zero-order chi connectivity index (χ0) is 21.4. The van der Waals surface area contributed by atoms with Crippen LogP contribution in [0.5, 0.6) is 0 Å². The summed E-state index contributed by atoms with van der Waals surface area (Å²) in [5.74, 6) is 1.47. The Hall–Kier alpha value is -3.14. The van der Waals surface area contributed by atoms with Crippen molar-refractivity contribution in [2.75, 3.05) is 42.6 Å². The van der Waals surface area contributed by atoms with Crippen molar-refractivity contribution in [2.45, 2.75) is 12.5 Å². The minimum Gasteiger partial charge on any atom is -0.463 e. The topological polar surface area (TPSA) is 102 Å². The van der Waals surface area contributed by atoms with E-state index in [1.54, 1.807) is 40.2 Å². The smallest absolute Gasteiger partial charge is 0.274 e. The molecule has 2 fully saturated rings. The third kappa shape index (κ3) is 3.95. The van der Waals surface area contributed by atoms with Gasteiger partial charge in [0.1, 0.15) is 11.5 Å². The predicted octanol–water partition coefficient (Wildman–Crippen LogP) is 1.86. The summed E-state index contributed by atoms with van der Waals surface area (Å²) in [4.78, 5) is 21.5. The summed E-state index contributed by atoms with van der Waals surface area (Å²) in [7, 11) is -3.09. The van der Waals surface area contributed by atoms with Crippen LogP contribution in [0, 0.1) is 0 Å². The quantitative estimate of drug-likeness (QED) is 0.609. The van der Waals surface area contributed by atoms with Crippen molar-refractivity contribution < 1.29 is 17.6 Å². The fourth-order valence-electron chi connectivity index (χ4n) is 4.20. The summed E-state index contributed by atoms with van der Waals surface area (Å²) in [6, 6.07) is 10.7. The summed E-state index contributed by atoms with van der Waals surface area (Å²) in [6.45, 7) is 2.51. The number of carbonyl (C=O) groups excluding carboxylic acids is 1. The molecule has 1 atom stereocenters. The van der Waals surface area contributed by atoms with E-state index in [0.717, 1.165) is 5.82 Å². The van der Waals surface area contributed by atoms with Gasteiger partial charge in [0.2, 0.25) is 0 Å². The summed E-state index contributed by atoms with van der Waals surface area (Å²) in [5, 5.41) is 4.54. The molecule has 0 saturated carbocycles. The molecule has 1 amide bonds. The molecule has 0 aliphatic carbocycles. The van der Waals surface area contributed by atoms with Crippen molar-refractivity contribution in [3.05, 3.63) is 54.6 Å². The predicted molar refractivity (Wildman–Crippen MR) is 115 cm³/mol. The maximum atomic E-state index is 13.2. The second kappa shape index (κ2) is 7.84. The normalized spacial score (nSPS) is 20.8. The molecule has 5 heterocycles. The van der Waals surface area contributed by atoms with Crippen molar-refractivity contribution in [2.24, 2.45) is 0 Å². The van der Waals surface area contributed by atoms with E-state index >= 15 is 0 Å². The molecule has 0 radical (unpaired) electrons.